The number of anilines is 3. The van der Waals surface area contributed by atoms with Crippen LogP contribution in [0.3, 0.4) is 0 Å². The number of benzene rings is 2. The number of fused-ring (bicyclic) bond motifs is 1. The Bertz CT molecular complexity index is 1380. The summed E-state index contributed by atoms with van der Waals surface area (Å²) < 4.78 is 5.20. The number of rotatable bonds is 6. The van der Waals surface area contributed by atoms with Crippen molar-refractivity contribution in [2.24, 2.45) is 5.92 Å². The zero-order valence-corrected chi connectivity index (χ0v) is 20.4. The molecule has 10 nitrogen and oxygen atoms in total. The van der Waals surface area contributed by atoms with Gasteiger partial charge in [-0.25, -0.2) is 4.98 Å². The fourth-order valence-electron chi connectivity index (χ4n) is 4.66. The van der Waals surface area contributed by atoms with E-state index in [1.165, 1.54) is 0 Å². The van der Waals surface area contributed by atoms with Gasteiger partial charge in [-0.3, -0.25) is 9.89 Å². The number of nitrogens with zero attached hydrogens (tertiary/aromatic N) is 4. The molecule has 0 unspecified atom stereocenters. The van der Waals surface area contributed by atoms with Crippen LogP contribution in [-0.4, -0.2) is 45.8 Å². The fraction of sp³-hybridized carbons (Fsp3) is 0.308. The summed E-state index contributed by atoms with van der Waals surface area (Å²) >= 11 is 0. The summed E-state index contributed by atoms with van der Waals surface area (Å²) in [5.41, 5.74) is 15.4. The molecular weight excluding hydrogens is 456 g/mol. The van der Waals surface area contributed by atoms with Crippen LogP contribution < -0.4 is 26.4 Å². The third-order valence-corrected chi connectivity index (χ3v) is 6.79. The van der Waals surface area contributed by atoms with Crippen molar-refractivity contribution in [2.45, 2.75) is 32.4 Å². The van der Waals surface area contributed by atoms with Crippen LogP contribution >= 0.6 is 0 Å². The lowest BCUT2D eigenvalue weighted by Gasteiger charge is -2.38. The SMILES string of the molecule is COc1ccc(CNC(=O)[C@H]2CC[C@@H](C)N(c3cc(-c4ccc5c(N)n[nH]c5c4)nc(N)n3)C2)cc1. The normalized spacial score (nSPS) is 17.8. The molecule has 5 rings (SSSR count). The molecule has 6 N–H and O–H groups in total. The molecule has 1 amide bonds. The average Bonchev–Trinajstić information content (AvgIpc) is 3.27. The lowest BCUT2D eigenvalue weighted by atomic mass is 9.92. The second kappa shape index (κ2) is 9.73. The summed E-state index contributed by atoms with van der Waals surface area (Å²) in [5.74, 6) is 2.03. The second-order valence-corrected chi connectivity index (χ2v) is 9.18. The zero-order valence-electron chi connectivity index (χ0n) is 20.4. The van der Waals surface area contributed by atoms with E-state index in [0.29, 0.717) is 30.4 Å². The minimum atomic E-state index is -0.150. The second-order valence-electron chi connectivity index (χ2n) is 9.18. The smallest absolute Gasteiger partial charge is 0.225 e. The van der Waals surface area contributed by atoms with Gasteiger partial charge >= 0.3 is 0 Å². The maximum atomic E-state index is 13.0. The molecular formula is C26H30N8O2. The number of carbonyl (C=O) groups is 1. The third-order valence-electron chi connectivity index (χ3n) is 6.79. The van der Waals surface area contributed by atoms with Crippen LogP contribution in [0.25, 0.3) is 22.2 Å². The molecule has 4 aromatic rings. The maximum absolute atomic E-state index is 13.0. The number of carbonyl (C=O) groups excluding carboxylic acids is 1. The molecule has 1 aliphatic rings. The molecule has 0 spiro atoms. The van der Waals surface area contributed by atoms with Crippen LogP contribution in [0.2, 0.25) is 0 Å². The Morgan fingerprint density at radius 1 is 1.14 bits per heavy atom. The lowest BCUT2D eigenvalue weighted by molar-refractivity contribution is -0.125. The van der Waals surface area contributed by atoms with Gasteiger partial charge in [-0.15, -0.1) is 0 Å². The molecule has 186 valence electrons. The van der Waals surface area contributed by atoms with Gasteiger partial charge in [0.2, 0.25) is 11.9 Å². The van der Waals surface area contributed by atoms with Crippen molar-refractivity contribution in [3.05, 3.63) is 54.1 Å². The first-order valence-corrected chi connectivity index (χ1v) is 12.0. The van der Waals surface area contributed by atoms with Crippen molar-refractivity contribution >= 4 is 34.4 Å². The molecule has 1 saturated heterocycles. The molecule has 0 bridgehead atoms. The molecule has 0 aliphatic carbocycles. The van der Waals surface area contributed by atoms with Crippen LogP contribution in [0, 0.1) is 5.92 Å². The first-order valence-electron chi connectivity index (χ1n) is 12.0. The molecule has 10 heteroatoms. The van der Waals surface area contributed by atoms with E-state index in [1.807, 2.05) is 48.5 Å². The Labute approximate surface area is 209 Å². The van der Waals surface area contributed by atoms with Crippen molar-refractivity contribution in [1.29, 1.82) is 0 Å². The summed E-state index contributed by atoms with van der Waals surface area (Å²) in [6, 6.07) is 15.6. The van der Waals surface area contributed by atoms with Crippen LogP contribution in [-0.2, 0) is 11.3 Å². The Morgan fingerprint density at radius 3 is 2.72 bits per heavy atom. The number of methoxy groups -OCH3 is 1. The van der Waals surface area contributed by atoms with Crippen LogP contribution in [0.4, 0.5) is 17.6 Å². The van der Waals surface area contributed by atoms with Crippen molar-refractivity contribution in [1.82, 2.24) is 25.5 Å². The standard InChI is InChI=1S/C26H30N8O2/c1-15-3-6-18(25(35)29-13-16-4-8-19(36-2)9-5-16)14-34(15)23-12-21(30-26(28)31-23)17-7-10-20-22(11-17)32-33-24(20)27/h4-5,7-12,15,18H,3,6,13-14H2,1-2H3,(H,29,35)(H3,27,32,33)(H2,28,30,31)/t15-,18+/m1/s1. The lowest BCUT2D eigenvalue weighted by Crippen LogP contribution is -2.47. The highest BCUT2D eigenvalue weighted by Crippen LogP contribution is 2.31. The summed E-state index contributed by atoms with van der Waals surface area (Å²) in [7, 11) is 1.63. The Kier molecular flexibility index (Phi) is 6.32. The molecule has 1 fully saturated rings. The van der Waals surface area contributed by atoms with Crippen molar-refractivity contribution in [3.8, 4) is 17.0 Å². The van der Waals surface area contributed by atoms with E-state index in [9.17, 15) is 4.79 Å². The maximum Gasteiger partial charge on any atom is 0.225 e. The van der Waals surface area contributed by atoms with Gasteiger partial charge in [-0.05, 0) is 49.6 Å². The number of hydrogen-bond acceptors (Lipinski definition) is 8. The van der Waals surface area contributed by atoms with E-state index in [4.69, 9.17) is 16.2 Å². The number of piperidine rings is 1. The van der Waals surface area contributed by atoms with E-state index in [1.54, 1.807) is 7.11 Å². The van der Waals surface area contributed by atoms with Crippen LogP contribution in [0.5, 0.6) is 5.75 Å². The number of amides is 1. The van der Waals surface area contributed by atoms with E-state index in [2.05, 4.69) is 37.3 Å². The predicted molar refractivity (Wildman–Crippen MR) is 140 cm³/mol. The van der Waals surface area contributed by atoms with E-state index in [-0.39, 0.29) is 23.8 Å². The largest absolute Gasteiger partial charge is 0.497 e. The number of ether oxygens (including phenoxy) is 1. The van der Waals surface area contributed by atoms with Crippen LogP contribution in [0.15, 0.2) is 48.5 Å². The van der Waals surface area contributed by atoms with Gasteiger partial charge in [-0.2, -0.15) is 10.1 Å². The molecule has 2 aromatic heterocycles. The highest BCUT2D eigenvalue weighted by Gasteiger charge is 2.31. The quantitative estimate of drug-likeness (QED) is 0.325. The van der Waals surface area contributed by atoms with Gasteiger partial charge < -0.3 is 26.4 Å². The number of H-pyrrole nitrogens is 1. The fourth-order valence-corrected chi connectivity index (χ4v) is 4.66. The zero-order chi connectivity index (χ0) is 25.2. The highest BCUT2D eigenvalue weighted by molar-refractivity contribution is 5.91. The van der Waals surface area contributed by atoms with Gasteiger partial charge in [0.25, 0.3) is 0 Å². The van der Waals surface area contributed by atoms with Gasteiger partial charge in [0.05, 0.1) is 24.2 Å². The number of aromatic nitrogens is 4. The summed E-state index contributed by atoms with van der Waals surface area (Å²) in [6.07, 6.45) is 1.69. The Morgan fingerprint density at radius 2 is 1.94 bits per heavy atom. The van der Waals surface area contributed by atoms with Gasteiger partial charge in [0, 0.05) is 36.1 Å². The number of nitrogens with one attached hydrogen (secondary N) is 2. The Hall–Kier alpha value is -4.34. The van der Waals surface area contributed by atoms with Crippen molar-refractivity contribution in [2.75, 3.05) is 30.0 Å². The molecule has 0 saturated carbocycles. The van der Waals surface area contributed by atoms with E-state index < -0.39 is 0 Å². The molecule has 2 atom stereocenters. The number of nitrogen functional groups attached to an aromatic ring is 2. The van der Waals surface area contributed by atoms with Crippen molar-refractivity contribution < 1.29 is 9.53 Å². The Balaban J connectivity index is 1.32. The number of hydrogen-bond donors (Lipinski definition) is 4. The predicted octanol–water partition coefficient (Wildman–Crippen LogP) is 3.11. The van der Waals surface area contributed by atoms with Gasteiger partial charge in [-0.1, -0.05) is 18.2 Å². The van der Waals surface area contributed by atoms with Crippen LogP contribution in [0.1, 0.15) is 25.3 Å². The van der Waals surface area contributed by atoms with E-state index >= 15 is 0 Å². The molecule has 0 radical (unpaired) electrons. The first kappa shape index (κ1) is 23.4. The number of nitrogens with two attached hydrogens (primary N) is 2. The summed E-state index contributed by atoms with van der Waals surface area (Å²) in [5, 5.41) is 10.9. The minimum Gasteiger partial charge on any atom is -0.497 e. The molecule has 2 aromatic carbocycles. The summed E-state index contributed by atoms with van der Waals surface area (Å²) in [4.78, 5) is 24.1. The highest BCUT2D eigenvalue weighted by atomic mass is 16.5. The monoisotopic (exact) mass is 486 g/mol. The molecule has 3 heterocycles. The van der Waals surface area contributed by atoms with Gasteiger partial charge in [0.15, 0.2) is 5.82 Å². The first-order chi connectivity index (χ1) is 17.4. The summed E-state index contributed by atoms with van der Waals surface area (Å²) in [6.45, 7) is 3.17. The van der Waals surface area contributed by atoms with Gasteiger partial charge in [0.1, 0.15) is 11.6 Å². The average molecular weight is 487 g/mol. The van der Waals surface area contributed by atoms with E-state index in [0.717, 1.165) is 40.6 Å². The third kappa shape index (κ3) is 4.74. The topological polar surface area (TPSA) is 148 Å². The molecule has 1 aliphatic heterocycles. The van der Waals surface area contributed by atoms with Crippen molar-refractivity contribution in [3.63, 3.8) is 0 Å². The molecule has 36 heavy (non-hydrogen) atoms. The number of aromatic amines is 1. The minimum absolute atomic E-state index is 0.0345.